The van der Waals surface area contributed by atoms with E-state index in [2.05, 4.69) is 4.74 Å². The molecule has 0 spiro atoms. The van der Waals surface area contributed by atoms with E-state index in [1.807, 2.05) is 60.7 Å². The predicted octanol–water partition coefficient (Wildman–Crippen LogP) is 6.77. The first kappa shape index (κ1) is 27.0. The standard InChI is InChI=1S/C29H28F3NO5/c1-28(2,3)38-27(35)33-23(18-19-14-16-22(17-15-19)37-29(30,31)32)26(34)36-25(21-12-8-5-9-13-21)24(33)20-10-6-4-7-11-20/h4-17,23-25H,18H2,1-3H3/t23-,24-,25+/m1/s1. The first-order valence-electron chi connectivity index (χ1n) is 12.1. The van der Waals surface area contributed by atoms with Gasteiger partial charge in [-0.15, -0.1) is 13.2 Å². The van der Waals surface area contributed by atoms with E-state index in [0.717, 1.165) is 17.7 Å². The number of hydrogen-bond acceptors (Lipinski definition) is 5. The highest BCUT2D eigenvalue weighted by Gasteiger charge is 2.49. The van der Waals surface area contributed by atoms with Crippen LogP contribution in [0.5, 0.6) is 5.75 Å². The van der Waals surface area contributed by atoms with Gasteiger partial charge in [0.05, 0.1) is 0 Å². The number of carbonyl (C=O) groups is 2. The number of rotatable bonds is 5. The number of esters is 1. The molecule has 4 rings (SSSR count). The molecule has 0 saturated carbocycles. The highest BCUT2D eigenvalue weighted by Crippen LogP contribution is 2.43. The normalized spacial score (nSPS) is 20.0. The van der Waals surface area contributed by atoms with E-state index < -0.39 is 42.2 Å². The van der Waals surface area contributed by atoms with Gasteiger partial charge in [-0.2, -0.15) is 0 Å². The largest absolute Gasteiger partial charge is 0.573 e. The molecule has 38 heavy (non-hydrogen) atoms. The van der Waals surface area contributed by atoms with Crippen molar-refractivity contribution in [2.45, 2.75) is 57.3 Å². The summed E-state index contributed by atoms with van der Waals surface area (Å²) in [4.78, 5) is 28.5. The molecule has 1 saturated heterocycles. The topological polar surface area (TPSA) is 65.1 Å². The number of ether oxygens (including phenoxy) is 3. The number of carbonyl (C=O) groups excluding carboxylic acids is 2. The molecule has 1 heterocycles. The molecule has 1 aliphatic heterocycles. The molecule has 0 radical (unpaired) electrons. The summed E-state index contributed by atoms with van der Waals surface area (Å²) in [7, 11) is 0. The zero-order valence-corrected chi connectivity index (χ0v) is 21.1. The van der Waals surface area contributed by atoms with E-state index in [1.54, 1.807) is 20.8 Å². The van der Waals surface area contributed by atoms with Crippen LogP contribution in [0.4, 0.5) is 18.0 Å². The summed E-state index contributed by atoms with van der Waals surface area (Å²) in [5, 5.41) is 0. The predicted molar refractivity (Wildman–Crippen MR) is 133 cm³/mol. The zero-order valence-electron chi connectivity index (χ0n) is 21.1. The van der Waals surface area contributed by atoms with Crippen LogP contribution in [0.15, 0.2) is 84.9 Å². The van der Waals surface area contributed by atoms with Crippen molar-refractivity contribution < 1.29 is 37.0 Å². The second kappa shape index (κ2) is 10.8. The summed E-state index contributed by atoms with van der Waals surface area (Å²) >= 11 is 0. The minimum absolute atomic E-state index is 0.00474. The maximum atomic E-state index is 13.7. The third kappa shape index (κ3) is 6.65. The Hall–Kier alpha value is -4.01. The second-order valence-electron chi connectivity index (χ2n) is 9.92. The lowest BCUT2D eigenvalue weighted by Crippen LogP contribution is -2.56. The fourth-order valence-electron chi connectivity index (χ4n) is 4.39. The van der Waals surface area contributed by atoms with E-state index >= 15 is 0 Å². The molecular weight excluding hydrogens is 499 g/mol. The Bertz CT molecular complexity index is 1240. The van der Waals surface area contributed by atoms with Crippen molar-refractivity contribution in [3.63, 3.8) is 0 Å². The molecule has 1 amide bonds. The lowest BCUT2D eigenvalue weighted by molar-refractivity contribution is -0.274. The number of benzene rings is 3. The van der Waals surface area contributed by atoms with Gasteiger partial charge in [0.1, 0.15) is 23.4 Å². The molecule has 6 nitrogen and oxygen atoms in total. The second-order valence-corrected chi connectivity index (χ2v) is 9.92. The smallest absolute Gasteiger partial charge is 0.453 e. The lowest BCUT2D eigenvalue weighted by Gasteiger charge is -2.45. The van der Waals surface area contributed by atoms with Crippen LogP contribution in [0.1, 0.15) is 49.6 Å². The van der Waals surface area contributed by atoms with Gasteiger partial charge in [0.25, 0.3) is 0 Å². The molecule has 9 heteroatoms. The summed E-state index contributed by atoms with van der Waals surface area (Å²) in [6.07, 6.45) is -6.34. The number of cyclic esters (lactones) is 1. The van der Waals surface area contributed by atoms with Crippen molar-refractivity contribution in [3.05, 3.63) is 102 Å². The van der Waals surface area contributed by atoms with Crippen molar-refractivity contribution in [2.75, 3.05) is 0 Å². The van der Waals surface area contributed by atoms with Crippen molar-refractivity contribution in [3.8, 4) is 5.75 Å². The minimum Gasteiger partial charge on any atom is -0.453 e. The summed E-state index contributed by atoms with van der Waals surface area (Å²) in [6.45, 7) is 5.19. The van der Waals surface area contributed by atoms with Crippen LogP contribution in [0.2, 0.25) is 0 Å². The first-order valence-corrected chi connectivity index (χ1v) is 12.1. The quantitative estimate of drug-likeness (QED) is 0.343. The van der Waals surface area contributed by atoms with Gasteiger partial charge in [-0.05, 0) is 49.6 Å². The minimum atomic E-state index is -4.82. The molecule has 3 atom stereocenters. The molecule has 0 unspecified atom stereocenters. The molecule has 3 aromatic rings. The van der Waals surface area contributed by atoms with Gasteiger partial charge >= 0.3 is 18.4 Å². The molecule has 0 bridgehead atoms. The fourth-order valence-corrected chi connectivity index (χ4v) is 4.39. The average Bonchev–Trinajstić information content (AvgIpc) is 2.85. The van der Waals surface area contributed by atoms with Gasteiger partial charge < -0.3 is 14.2 Å². The van der Waals surface area contributed by atoms with Crippen molar-refractivity contribution >= 4 is 12.1 Å². The SMILES string of the molecule is CC(C)(C)OC(=O)N1[C@H](Cc2ccc(OC(F)(F)F)cc2)C(=O)O[C@@H](c2ccccc2)[C@H]1c1ccccc1. The monoisotopic (exact) mass is 527 g/mol. The molecule has 0 aliphatic carbocycles. The first-order chi connectivity index (χ1) is 17.9. The van der Waals surface area contributed by atoms with Crippen LogP contribution >= 0.6 is 0 Å². The number of halogens is 3. The van der Waals surface area contributed by atoms with Crippen molar-refractivity contribution in [1.82, 2.24) is 4.90 Å². The summed E-state index contributed by atoms with van der Waals surface area (Å²) < 4.78 is 53.4. The Morgan fingerprint density at radius 3 is 1.95 bits per heavy atom. The Balaban J connectivity index is 1.75. The van der Waals surface area contributed by atoms with Gasteiger partial charge in [0.15, 0.2) is 6.10 Å². The average molecular weight is 528 g/mol. The van der Waals surface area contributed by atoms with Crippen LogP contribution < -0.4 is 4.74 Å². The fraction of sp³-hybridized carbons (Fsp3) is 0.310. The van der Waals surface area contributed by atoms with Gasteiger partial charge in [0.2, 0.25) is 0 Å². The van der Waals surface area contributed by atoms with Crippen molar-refractivity contribution in [2.24, 2.45) is 0 Å². The number of amides is 1. The van der Waals surface area contributed by atoms with E-state index in [4.69, 9.17) is 9.47 Å². The molecule has 3 aromatic carbocycles. The third-order valence-electron chi connectivity index (χ3n) is 5.90. The summed E-state index contributed by atoms with van der Waals surface area (Å²) in [5.41, 5.74) is 1.11. The van der Waals surface area contributed by atoms with Crippen LogP contribution in [-0.4, -0.2) is 35.0 Å². The molecule has 0 N–H and O–H groups in total. The highest BCUT2D eigenvalue weighted by molar-refractivity contribution is 5.84. The third-order valence-corrected chi connectivity index (χ3v) is 5.90. The molecule has 200 valence electrons. The van der Waals surface area contributed by atoms with Crippen LogP contribution in [0, 0.1) is 0 Å². The molecule has 1 fully saturated rings. The van der Waals surface area contributed by atoms with Crippen LogP contribution in [0.25, 0.3) is 0 Å². The molecule has 1 aliphatic rings. The van der Waals surface area contributed by atoms with E-state index in [9.17, 15) is 22.8 Å². The summed E-state index contributed by atoms with van der Waals surface area (Å²) in [5.74, 6) is -1.03. The Kier molecular flexibility index (Phi) is 7.66. The Labute approximate surface area is 218 Å². The highest BCUT2D eigenvalue weighted by atomic mass is 19.4. The van der Waals surface area contributed by atoms with E-state index in [0.29, 0.717) is 11.1 Å². The number of hydrogen-bond donors (Lipinski definition) is 0. The van der Waals surface area contributed by atoms with Crippen LogP contribution in [0.3, 0.4) is 0 Å². The van der Waals surface area contributed by atoms with E-state index in [-0.39, 0.29) is 12.2 Å². The maximum Gasteiger partial charge on any atom is 0.573 e. The summed E-state index contributed by atoms with van der Waals surface area (Å²) in [6, 6.07) is 21.7. The van der Waals surface area contributed by atoms with Gasteiger partial charge in [-0.25, -0.2) is 9.59 Å². The van der Waals surface area contributed by atoms with Gasteiger partial charge in [0, 0.05) is 6.42 Å². The van der Waals surface area contributed by atoms with E-state index in [1.165, 1.54) is 17.0 Å². The number of morpholine rings is 1. The molecular formula is C29H28F3NO5. The van der Waals surface area contributed by atoms with Crippen molar-refractivity contribution in [1.29, 1.82) is 0 Å². The van der Waals surface area contributed by atoms with Crippen LogP contribution in [-0.2, 0) is 20.7 Å². The molecule has 0 aromatic heterocycles. The van der Waals surface area contributed by atoms with Gasteiger partial charge in [-0.1, -0.05) is 72.8 Å². The zero-order chi connectivity index (χ0) is 27.5. The maximum absolute atomic E-state index is 13.7. The number of nitrogens with zero attached hydrogens (tertiary/aromatic N) is 1. The lowest BCUT2D eigenvalue weighted by atomic mass is 9.90. The number of alkyl halides is 3. The van der Waals surface area contributed by atoms with Gasteiger partial charge in [-0.3, -0.25) is 4.90 Å². The Morgan fingerprint density at radius 2 is 1.42 bits per heavy atom. The Morgan fingerprint density at radius 1 is 0.868 bits per heavy atom.